The molecular weight excluding hydrogens is 376 g/mol. The Hall–Kier alpha value is -2.38. The first kappa shape index (κ1) is 19.4. The molecule has 27 heavy (non-hydrogen) atoms. The summed E-state index contributed by atoms with van der Waals surface area (Å²) < 4.78 is 0.768. The molecule has 0 aliphatic carbocycles. The summed E-state index contributed by atoms with van der Waals surface area (Å²) in [5.74, 6) is 0.297. The highest BCUT2D eigenvalue weighted by Gasteiger charge is 2.12. The Morgan fingerprint density at radius 1 is 1.15 bits per heavy atom. The zero-order valence-corrected chi connectivity index (χ0v) is 17.2. The molecule has 0 saturated carbocycles. The maximum Gasteiger partial charge on any atom is 0.230 e. The molecule has 0 saturated heterocycles. The SMILES string of the molecule is Cc1ccc(Nc2nnc(SCC(=O)NC(C)c3ccccc3)s2)c(C)c1. The number of aromatic nitrogens is 2. The molecule has 1 atom stereocenters. The van der Waals surface area contributed by atoms with Crippen molar-refractivity contribution in [1.82, 2.24) is 15.5 Å². The highest BCUT2D eigenvalue weighted by atomic mass is 32.2. The van der Waals surface area contributed by atoms with Gasteiger partial charge >= 0.3 is 0 Å². The number of anilines is 2. The number of aryl methyl sites for hydroxylation is 2. The van der Waals surface area contributed by atoms with Crippen LogP contribution in [0.5, 0.6) is 0 Å². The summed E-state index contributed by atoms with van der Waals surface area (Å²) in [5, 5.41) is 15.3. The van der Waals surface area contributed by atoms with Gasteiger partial charge in [0.15, 0.2) is 4.34 Å². The van der Waals surface area contributed by atoms with E-state index in [0.717, 1.165) is 26.3 Å². The molecule has 2 N–H and O–H groups in total. The fraction of sp³-hybridized carbons (Fsp3) is 0.250. The second-order valence-electron chi connectivity index (χ2n) is 6.31. The Kier molecular flexibility index (Phi) is 6.47. The minimum absolute atomic E-state index is 0.0181. The second-order valence-corrected chi connectivity index (χ2v) is 8.51. The van der Waals surface area contributed by atoms with Gasteiger partial charge in [0.05, 0.1) is 11.8 Å². The second kappa shape index (κ2) is 9.01. The number of hydrogen-bond acceptors (Lipinski definition) is 6. The van der Waals surface area contributed by atoms with E-state index in [1.165, 1.54) is 28.7 Å². The summed E-state index contributed by atoms with van der Waals surface area (Å²) in [7, 11) is 0. The standard InChI is InChI=1S/C20H22N4OS2/c1-13-9-10-17(14(2)11-13)22-19-23-24-20(27-19)26-12-18(25)21-15(3)16-7-5-4-6-8-16/h4-11,15H,12H2,1-3H3,(H,21,25)(H,22,23). The number of hydrogen-bond donors (Lipinski definition) is 2. The molecule has 0 aliphatic rings. The van der Waals surface area contributed by atoms with Gasteiger partial charge in [0.1, 0.15) is 0 Å². The summed E-state index contributed by atoms with van der Waals surface area (Å²) in [4.78, 5) is 12.2. The van der Waals surface area contributed by atoms with Crippen LogP contribution in [-0.4, -0.2) is 21.9 Å². The molecule has 3 rings (SSSR count). The van der Waals surface area contributed by atoms with Crippen molar-refractivity contribution in [1.29, 1.82) is 0 Å². The van der Waals surface area contributed by atoms with Crippen molar-refractivity contribution in [3.8, 4) is 0 Å². The number of rotatable bonds is 7. The van der Waals surface area contributed by atoms with E-state index in [4.69, 9.17) is 0 Å². The van der Waals surface area contributed by atoms with Crippen molar-refractivity contribution in [3.05, 3.63) is 65.2 Å². The third-order valence-corrected chi connectivity index (χ3v) is 6.01. The van der Waals surface area contributed by atoms with Gasteiger partial charge in [0.25, 0.3) is 0 Å². The molecule has 0 fully saturated rings. The van der Waals surface area contributed by atoms with Gasteiger partial charge in [-0.15, -0.1) is 10.2 Å². The van der Waals surface area contributed by atoms with Crippen LogP contribution in [0.2, 0.25) is 0 Å². The monoisotopic (exact) mass is 398 g/mol. The van der Waals surface area contributed by atoms with Crippen LogP contribution in [0.15, 0.2) is 52.9 Å². The van der Waals surface area contributed by atoms with Gasteiger partial charge in [-0.25, -0.2) is 0 Å². The number of nitrogens with zero attached hydrogens (tertiary/aromatic N) is 2. The highest BCUT2D eigenvalue weighted by Crippen LogP contribution is 2.29. The molecule has 1 heterocycles. The van der Waals surface area contributed by atoms with Crippen LogP contribution in [0.3, 0.4) is 0 Å². The molecule has 1 unspecified atom stereocenters. The average molecular weight is 399 g/mol. The van der Waals surface area contributed by atoms with Crippen molar-refractivity contribution in [2.24, 2.45) is 0 Å². The van der Waals surface area contributed by atoms with E-state index in [9.17, 15) is 4.79 Å². The van der Waals surface area contributed by atoms with Crippen molar-refractivity contribution in [2.75, 3.05) is 11.1 Å². The number of thioether (sulfide) groups is 1. The lowest BCUT2D eigenvalue weighted by Gasteiger charge is -2.13. The Balaban J connectivity index is 1.51. The Labute approximate surface area is 167 Å². The van der Waals surface area contributed by atoms with Crippen LogP contribution >= 0.6 is 23.1 Å². The first-order valence-corrected chi connectivity index (χ1v) is 10.5. The molecule has 5 nitrogen and oxygen atoms in total. The molecular formula is C20H22N4OS2. The van der Waals surface area contributed by atoms with Gasteiger partial charge in [-0.1, -0.05) is 71.1 Å². The van der Waals surface area contributed by atoms with Crippen molar-refractivity contribution >= 4 is 39.8 Å². The normalized spacial score (nSPS) is 11.8. The van der Waals surface area contributed by atoms with E-state index >= 15 is 0 Å². The summed E-state index contributed by atoms with van der Waals surface area (Å²) >= 11 is 2.84. The van der Waals surface area contributed by atoms with Crippen LogP contribution in [0, 0.1) is 13.8 Å². The van der Waals surface area contributed by atoms with E-state index < -0.39 is 0 Å². The maximum absolute atomic E-state index is 12.2. The minimum atomic E-state index is -0.0181. The molecule has 3 aromatic rings. The Morgan fingerprint density at radius 2 is 1.93 bits per heavy atom. The first-order valence-electron chi connectivity index (χ1n) is 8.66. The van der Waals surface area contributed by atoms with Crippen LogP contribution in [0.1, 0.15) is 29.7 Å². The summed E-state index contributed by atoms with van der Waals surface area (Å²) in [5.41, 5.74) is 4.49. The van der Waals surface area contributed by atoms with E-state index in [-0.39, 0.29) is 11.9 Å². The first-order chi connectivity index (χ1) is 13.0. The van der Waals surface area contributed by atoms with E-state index in [1.54, 1.807) is 0 Å². The third-order valence-electron chi connectivity index (χ3n) is 4.03. The molecule has 1 amide bonds. The predicted octanol–water partition coefficient (Wildman–Crippen LogP) is 4.87. The zero-order chi connectivity index (χ0) is 19.2. The van der Waals surface area contributed by atoms with Crippen molar-refractivity contribution in [2.45, 2.75) is 31.2 Å². The van der Waals surface area contributed by atoms with E-state index in [0.29, 0.717) is 5.75 Å². The van der Waals surface area contributed by atoms with Crippen LogP contribution < -0.4 is 10.6 Å². The van der Waals surface area contributed by atoms with E-state index in [1.807, 2.05) is 43.3 Å². The smallest absolute Gasteiger partial charge is 0.230 e. The molecule has 1 aromatic heterocycles. The lowest BCUT2D eigenvalue weighted by molar-refractivity contribution is -0.119. The largest absolute Gasteiger partial charge is 0.349 e. The topological polar surface area (TPSA) is 66.9 Å². The summed E-state index contributed by atoms with van der Waals surface area (Å²) in [6.45, 7) is 6.11. The highest BCUT2D eigenvalue weighted by molar-refractivity contribution is 8.01. The molecule has 0 radical (unpaired) electrons. The van der Waals surface area contributed by atoms with Crippen molar-refractivity contribution < 1.29 is 4.79 Å². The fourth-order valence-corrected chi connectivity index (χ4v) is 4.20. The molecule has 7 heteroatoms. The number of nitrogens with one attached hydrogen (secondary N) is 2. The van der Waals surface area contributed by atoms with Crippen LogP contribution in [0.25, 0.3) is 0 Å². The predicted molar refractivity (Wildman–Crippen MR) is 113 cm³/mol. The number of benzene rings is 2. The molecule has 2 aromatic carbocycles. The fourth-order valence-electron chi connectivity index (χ4n) is 2.62. The summed E-state index contributed by atoms with van der Waals surface area (Å²) in [6, 6.07) is 16.1. The molecule has 140 valence electrons. The van der Waals surface area contributed by atoms with Gasteiger partial charge in [0, 0.05) is 5.69 Å². The van der Waals surface area contributed by atoms with Crippen molar-refractivity contribution in [3.63, 3.8) is 0 Å². The average Bonchev–Trinajstić information content (AvgIpc) is 3.10. The van der Waals surface area contributed by atoms with Gasteiger partial charge in [-0.3, -0.25) is 4.79 Å². The molecule has 0 bridgehead atoms. The minimum Gasteiger partial charge on any atom is -0.349 e. The van der Waals surface area contributed by atoms with Gasteiger partial charge in [0.2, 0.25) is 11.0 Å². The quantitative estimate of drug-likeness (QED) is 0.556. The van der Waals surface area contributed by atoms with Crippen LogP contribution in [-0.2, 0) is 4.79 Å². The third kappa shape index (κ3) is 5.55. The van der Waals surface area contributed by atoms with Gasteiger partial charge < -0.3 is 10.6 Å². The molecule has 0 aliphatic heterocycles. The Bertz CT molecular complexity index is 911. The lowest BCUT2D eigenvalue weighted by atomic mass is 10.1. The summed E-state index contributed by atoms with van der Waals surface area (Å²) in [6.07, 6.45) is 0. The van der Waals surface area contributed by atoms with Crippen LogP contribution in [0.4, 0.5) is 10.8 Å². The lowest BCUT2D eigenvalue weighted by Crippen LogP contribution is -2.28. The number of carbonyl (C=O) groups excluding carboxylic acids is 1. The van der Waals surface area contributed by atoms with Gasteiger partial charge in [-0.2, -0.15) is 0 Å². The number of carbonyl (C=O) groups is 1. The zero-order valence-electron chi connectivity index (χ0n) is 15.5. The number of amides is 1. The Morgan fingerprint density at radius 3 is 2.67 bits per heavy atom. The maximum atomic E-state index is 12.2. The van der Waals surface area contributed by atoms with E-state index in [2.05, 4.69) is 46.8 Å². The van der Waals surface area contributed by atoms with Gasteiger partial charge in [-0.05, 0) is 38.0 Å². The molecule has 0 spiro atoms.